The van der Waals surface area contributed by atoms with Crippen molar-refractivity contribution in [2.45, 2.75) is 6.92 Å². The fourth-order valence-electron chi connectivity index (χ4n) is 2.30. The third kappa shape index (κ3) is 4.80. The summed E-state index contributed by atoms with van der Waals surface area (Å²) in [5, 5.41) is 3.60. The Balaban J connectivity index is 2.21. The lowest BCUT2D eigenvalue weighted by Crippen LogP contribution is -2.36. The Hall–Kier alpha value is -2.44. The van der Waals surface area contributed by atoms with E-state index in [-0.39, 0.29) is 12.5 Å². The van der Waals surface area contributed by atoms with E-state index in [1.165, 1.54) is 32.1 Å². The van der Waals surface area contributed by atoms with Crippen molar-refractivity contribution < 1.29 is 19.1 Å². The number of methoxy groups -OCH3 is 2. The van der Waals surface area contributed by atoms with E-state index < -0.39 is 5.91 Å². The molecule has 0 unspecified atom stereocenters. The maximum Gasteiger partial charge on any atom is 0.244 e. The number of halogens is 2. The monoisotopic (exact) mass is 396 g/mol. The maximum atomic E-state index is 12.5. The molecule has 0 heterocycles. The van der Waals surface area contributed by atoms with Crippen LogP contribution in [-0.4, -0.2) is 32.6 Å². The van der Waals surface area contributed by atoms with Crippen molar-refractivity contribution in [1.82, 2.24) is 0 Å². The van der Waals surface area contributed by atoms with Crippen molar-refractivity contribution in [2.75, 3.05) is 31.0 Å². The first-order chi connectivity index (χ1) is 12.3. The number of benzene rings is 2. The molecule has 26 heavy (non-hydrogen) atoms. The molecule has 0 aliphatic rings. The second kappa shape index (κ2) is 8.78. The van der Waals surface area contributed by atoms with Crippen LogP contribution in [0, 0.1) is 0 Å². The van der Waals surface area contributed by atoms with E-state index in [1.807, 2.05) is 0 Å². The second-order valence-electron chi connectivity index (χ2n) is 5.32. The molecular formula is C18H18Cl2N2O4. The number of carbonyl (C=O) groups excluding carboxylic acids is 2. The number of carbonyl (C=O) groups is 2. The molecule has 1 N–H and O–H groups in total. The van der Waals surface area contributed by atoms with Gasteiger partial charge >= 0.3 is 0 Å². The Kier molecular flexibility index (Phi) is 6.71. The van der Waals surface area contributed by atoms with Gasteiger partial charge < -0.3 is 19.7 Å². The van der Waals surface area contributed by atoms with Gasteiger partial charge in [-0.2, -0.15) is 0 Å². The minimum Gasteiger partial charge on any atom is -0.495 e. The van der Waals surface area contributed by atoms with Crippen molar-refractivity contribution in [3.63, 3.8) is 0 Å². The average Bonchev–Trinajstić information content (AvgIpc) is 2.61. The summed E-state index contributed by atoms with van der Waals surface area (Å²) in [5.74, 6) is 0.0925. The lowest BCUT2D eigenvalue weighted by molar-refractivity contribution is -0.120. The summed E-state index contributed by atoms with van der Waals surface area (Å²) in [5.41, 5.74) is 0.955. The Bertz CT molecular complexity index is 810. The number of rotatable bonds is 6. The Morgan fingerprint density at radius 1 is 1.04 bits per heavy atom. The molecule has 138 valence electrons. The molecule has 0 aliphatic carbocycles. The minimum absolute atomic E-state index is 0.176. The molecule has 8 heteroatoms. The number of hydrogen-bond acceptors (Lipinski definition) is 4. The molecule has 0 bridgehead atoms. The molecule has 0 aliphatic heterocycles. The van der Waals surface area contributed by atoms with Crippen molar-refractivity contribution in [3.8, 4) is 11.5 Å². The average molecular weight is 397 g/mol. The first-order valence-electron chi connectivity index (χ1n) is 7.60. The summed E-state index contributed by atoms with van der Waals surface area (Å²) >= 11 is 11.9. The molecule has 2 aromatic rings. The van der Waals surface area contributed by atoms with Gasteiger partial charge in [0.1, 0.15) is 18.0 Å². The van der Waals surface area contributed by atoms with Gasteiger partial charge in [-0.1, -0.05) is 23.2 Å². The molecule has 2 amide bonds. The highest BCUT2D eigenvalue weighted by atomic mass is 35.5. The second-order valence-corrected chi connectivity index (χ2v) is 6.16. The van der Waals surface area contributed by atoms with Crippen LogP contribution in [0.5, 0.6) is 11.5 Å². The first kappa shape index (κ1) is 19.9. The van der Waals surface area contributed by atoms with Gasteiger partial charge in [-0.3, -0.25) is 9.59 Å². The standard InChI is InChI=1S/C18H18Cl2N2O4/c1-11(23)22(13-6-4-12(19)5-7-13)10-18(24)21-15-9-16(25-2)14(20)8-17(15)26-3/h4-9H,10H2,1-3H3,(H,21,24). The number of nitrogens with zero attached hydrogens (tertiary/aromatic N) is 1. The van der Waals surface area contributed by atoms with Crippen LogP contribution in [-0.2, 0) is 9.59 Å². The Morgan fingerprint density at radius 3 is 2.19 bits per heavy atom. The van der Waals surface area contributed by atoms with Crippen LogP contribution < -0.4 is 19.7 Å². The summed E-state index contributed by atoms with van der Waals surface area (Å²) in [6.07, 6.45) is 0. The van der Waals surface area contributed by atoms with Gasteiger partial charge in [0.15, 0.2) is 0 Å². The molecule has 0 saturated heterocycles. The van der Waals surface area contributed by atoms with Crippen molar-refractivity contribution in [1.29, 1.82) is 0 Å². The number of nitrogens with one attached hydrogen (secondary N) is 1. The van der Waals surface area contributed by atoms with Crippen LogP contribution in [0.25, 0.3) is 0 Å². The van der Waals surface area contributed by atoms with Crippen LogP contribution >= 0.6 is 23.2 Å². The lowest BCUT2D eigenvalue weighted by Gasteiger charge is -2.21. The summed E-state index contributed by atoms with van der Waals surface area (Å²) in [4.78, 5) is 25.7. The number of ether oxygens (including phenoxy) is 2. The lowest BCUT2D eigenvalue weighted by atomic mass is 10.2. The summed E-state index contributed by atoms with van der Waals surface area (Å²) in [6, 6.07) is 9.73. The van der Waals surface area contributed by atoms with E-state index in [0.717, 1.165) is 0 Å². The van der Waals surface area contributed by atoms with Crippen LogP contribution in [0.1, 0.15) is 6.92 Å². The smallest absolute Gasteiger partial charge is 0.244 e. The van der Waals surface area contributed by atoms with E-state index in [9.17, 15) is 9.59 Å². The van der Waals surface area contributed by atoms with E-state index >= 15 is 0 Å². The molecule has 0 fully saturated rings. The Morgan fingerprint density at radius 2 is 1.65 bits per heavy atom. The summed E-state index contributed by atoms with van der Waals surface area (Å²) in [7, 11) is 2.93. The highest BCUT2D eigenvalue weighted by Crippen LogP contribution is 2.35. The first-order valence-corrected chi connectivity index (χ1v) is 8.36. The zero-order valence-corrected chi connectivity index (χ0v) is 16.0. The van der Waals surface area contributed by atoms with Crippen LogP contribution in [0.15, 0.2) is 36.4 Å². The third-order valence-electron chi connectivity index (χ3n) is 3.57. The number of hydrogen-bond donors (Lipinski definition) is 1. The molecule has 0 aromatic heterocycles. The van der Waals surface area contributed by atoms with E-state index in [1.54, 1.807) is 30.3 Å². The molecule has 2 rings (SSSR count). The van der Waals surface area contributed by atoms with Gasteiger partial charge in [0.05, 0.1) is 24.9 Å². The zero-order valence-electron chi connectivity index (χ0n) is 14.5. The van der Waals surface area contributed by atoms with Gasteiger partial charge in [0.2, 0.25) is 11.8 Å². The van der Waals surface area contributed by atoms with Crippen LogP contribution in [0.3, 0.4) is 0 Å². The predicted molar refractivity (Wildman–Crippen MR) is 103 cm³/mol. The van der Waals surface area contributed by atoms with Crippen molar-refractivity contribution in [2.24, 2.45) is 0 Å². The topological polar surface area (TPSA) is 67.9 Å². The van der Waals surface area contributed by atoms with Gasteiger partial charge in [0, 0.05) is 29.8 Å². The van der Waals surface area contributed by atoms with E-state index in [2.05, 4.69) is 5.32 Å². The van der Waals surface area contributed by atoms with Gasteiger partial charge in [-0.25, -0.2) is 0 Å². The van der Waals surface area contributed by atoms with Crippen molar-refractivity contribution in [3.05, 3.63) is 46.4 Å². The Labute approximate surface area is 161 Å². The molecule has 0 saturated carbocycles. The quantitative estimate of drug-likeness (QED) is 0.800. The zero-order chi connectivity index (χ0) is 19.3. The molecule has 0 radical (unpaired) electrons. The van der Waals surface area contributed by atoms with Crippen molar-refractivity contribution >= 4 is 46.4 Å². The van der Waals surface area contributed by atoms with E-state index in [0.29, 0.717) is 32.9 Å². The van der Waals surface area contributed by atoms with E-state index in [4.69, 9.17) is 32.7 Å². The molecular weight excluding hydrogens is 379 g/mol. The van der Waals surface area contributed by atoms with Crippen LogP contribution in [0.4, 0.5) is 11.4 Å². The molecule has 0 atom stereocenters. The normalized spacial score (nSPS) is 10.2. The largest absolute Gasteiger partial charge is 0.495 e. The van der Waals surface area contributed by atoms with Gasteiger partial charge in [0.25, 0.3) is 0 Å². The summed E-state index contributed by atoms with van der Waals surface area (Å²) in [6.45, 7) is 1.21. The molecule has 2 aromatic carbocycles. The molecule has 6 nitrogen and oxygen atoms in total. The number of anilines is 2. The fraction of sp³-hybridized carbons (Fsp3) is 0.222. The maximum absolute atomic E-state index is 12.5. The van der Waals surface area contributed by atoms with Gasteiger partial charge in [-0.15, -0.1) is 0 Å². The minimum atomic E-state index is -0.405. The highest BCUT2D eigenvalue weighted by molar-refractivity contribution is 6.32. The number of amides is 2. The van der Waals surface area contributed by atoms with Crippen LogP contribution in [0.2, 0.25) is 10.0 Å². The molecule has 0 spiro atoms. The predicted octanol–water partition coefficient (Wildman–Crippen LogP) is 4.00. The third-order valence-corrected chi connectivity index (χ3v) is 4.12. The SMILES string of the molecule is COc1cc(NC(=O)CN(C(C)=O)c2ccc(Cl)cc2)c(OC)cc1Cl. The fourth-order valence-corrected chi connectivity index (χ4v) is 2.65. The highest BCUT2D eigenvalue weighted by Gasteiger charge is 2.18. The summed E-state index contributed by atoms with van der Waals surface area (Å²) < 4.78 is 10.4. The van der Waals surface area contributed by atoms with Gasteiger partial charge in [-0.05, 0) is 24.3 Å².